The van der Waals surface area contributed by atoms with E-state index in [1.165, 1.54) is 12.0 Å². The van der Waals surface area contributed by atoms with Crippen LogP contribution >= 0.6 is 0 Å². The quantitative estimate of drug-likeness (QED) is 0.727. The van der Waals surface area contributed by atoms with Crippen LogP contribution in [0.3, 0.4) is 0 Å². The number of carbonyl (C=O) groups is 1. The maximum atomic E-state index is 12.1. The van der Waals surface area contributed by atoms with Crippen LogP contribution in [-0.4, -0.2) is 17.0 Å². The second-order valence-electron chi connectivity index (χ2n) is 9.02. The number of hydrogen-bond donors (Lipinski definition) is 1. The van der Waals surface area contributed by atoms with Gasteiger partial charge in [-0.1, -0.05) is 31.6 Å². The van der Waals surface area contributed by atoms with Crippen molar-refractivity contribution in [3.05, 3.63) is 23.3 Å². The van der Waals surface area contributed by atoms with Gasteiger partial charge in [-0.15, -0.1) is 0 Å². The summed E-state index contributed by atoms with van der Waals surface area (Å²) in [5.74, 6) is 2.38. The summed E-state index contributed by atoms with van der Waals surface area (Å²) in [5, 5.41) is 10.1. The van der Waals surface area contributed by atoms with E-state index in [1.54, 1.807) is 6.92 Å². The Kier molecular flexibility index (Phi) is 3.43. The Bertz CT molecular complexity index is 601. The monoisotopic (exact) mass is 314 g/mol. The van der Waals surface area contributed by atoms with E-state index in [0.29, 0.717) is 17.3 Å². The van der Waals surface area contributed by atoms with Crippen molar-refractivity contribution < 1.29 is 9.90 Å². The van der Waals surface area contributed by atoms with E-state index in [9.17, 15) is 9.90 Å². The summed E-state index contributed by atoms with van der Waals surface area (Å²) in [6.07, 6.45) is 12.2. The van der Waals surface area contributed by atoms with Gasteiger partial charge in [0.25, 0.3) is 0 Å². The molecule has 0 aromatic carbocycles. The fourth-order valence-corrected chi connectivity index (χ4v) is 6.75. The summed E-state index contributed by atoms with van der Waals surface area (Å²) >= 11 is 0. The van der Waals surface area contributed by atoms with Gasteiger partial charge < -0.3 is 5.11 Å². The smallest absolute Gasteiger partial charge is 0.156 e. The predicted octanol–water partition coefficient (Wildman–Crippen LogP) is 4.44. The lowest BCUT2D eigenvalue weighted by Gasteiger charge is -2.57. The van der Waals surface area contributed by atoms with Crippen LogP contribution in [0.2, 0.25) is 0 Å². The van der Waals surface area contributed by atoms with Gasteiger partial charge in [-0.25, -0.2) is 0 Å². The summed E-state index contributed by atoms with van der Waals surface area (Å²) in [4.78, 5) is 12.1. The van der Waals surface area contributed by atoms with Gasteiger partial charge in [-0.05, 0) is 86.0 Å². The maximum Gasteiger partial charge on any atom is 0.156 e. The molecule has 0 spiro atoms. The number of allylic oxidation sites excluding steroid dienone is 3. The van der Waals surface area contributed by atoms with Crippen LogP contribution in [0.4, 0.5) is 0 Å². The molecule has 126 valence electrons. The molecule has 0 amide bonds. The zero-order chi connectivity index (χ0) is 16.4. The Balaban J connectivity index is 1.67. The van der Waals surface area contributed by atoms with Gasteiger partial charge in [0.1, 0.15) is 0 Å². The van der Waals surface area contributed by atoms with Crippen LogP contribution in [0.1, 0.15) is 65.7 Å². The lowest BCUT2D eigenvalue weighted by atomic mass is 9.47. The van der Waals surface area contributed by atoms with Gasteiger partial charge in [0.2, 0.25) is 0 Å². The summed E-state index contributed by atoms with van der Waals surface area (Å²) in [5.41, 5.74) is 3.05. The molecule has 0 saturated heterocycles. The van der Waals surface area contributed by atoms with E-state index in [1.807, 2.05) is 0 Å². The van der Waals surface area contributed by atoms with E-state index >= 15 is 0 Å². The Morgan fingerprint density at radius 2 is 1.83 bits per heavy atom. The average Bonchev–Trinajstić information content (AvgIpc) is 2.85. The van der Waals surface area contributed by atoms with Crippen molar-refractivity contribution in [1.82, 2.24) is 0 Å². The Labute approximate surface area is 140 Å². The van der Waals surface area contributed by atoms with E-state index in [0.717, 1.165) is 50.0 Å². The van der Waals surface area contributed by atoms with E-state index in [-0.39, 0.29) is 17.3 Å². The minimum absolute atomic E-state index is 0.114. The van der Waals surface area contributed by atoms with Crippen LogP contribution in [-0.2, 0) is 4.79 Å². The van der Waals surface area contributed by atoms with E-state index in [2.05, 4.69) is 26.0 Å². The number of hydrogen-bond acceptors (Lipinski definition) is 2. The molecule has 0 aromatic rings. The molecule has 2 nitrogen and oxygen atoms in total. The van der Waals surface area contributed by atoms with Gasteiger partial charge in [-0.3, -0.25) is 4.79 Å². The van der Waals surface area contributed by atoms with E-state index < -0.39 is 0 Å². The molecular weight excluding hydrogens is 284 g/mol. The van der Waals surface area contributed by atoms with Crippen molar-refractivity contribution in [1.29, 1.82) is 0 Å². The number of fused-ring (bicyclic) bond motifs is 5. The molecule has 0 aliphatic heterocycles. The standard InChI is InChI=1S/C21H30O2/c1-13(22)17-6-7-18-16-5-4-14-12-15(23)8-10-20(14,2)19(16)9-11-21(17,18)3/h4,6,15-16,18-19,23H,5,7-12H2,1-3H3/t15-,16+,18-,19+,20+,21-/m1/s1. The average molecular weight is 314 g/mol. The van der Waals surface area contributed by atoms with Crippen molar-refractivity contribution in [2.45, 2.75) is 71.8 Å². The molecule has 2 fully saturated rings. The predicted molar refractivity (Wildman–Crippen MR) is 91.9 cm³/mol. The molecule has 2 heteroatoms. The van der Waals surface area contributed by atoms with Crippen LogP contribution < -0.4 is 0 Å². The van der Waals surface area contributed by atoms with Crippen molar-refractivity contribution in [2.75, 3.05) is 0 Å². The third-order valence-electron chi connectivity index (χ3n) is 8.04. The highest BCUT2D eigenvalue weighted by molar-refractivity contribution is 5.95. The van der Waals surface area contributed by atoms with Crippen LogP contribution in [0.5, 0.6) is 0 Å². The van der Waals surface area contributed by atoms with Crippen LogP contribution in [0, 0.1) is 28.6 Å². The van der Waals surface area contributed by atoms with Gasteiger partial charge in [0.15, 0.2) is 5.78 Å². The molecule has 0 unspecified atom stereocenters. The summed E-state index contributed by atoms with van der Waals surface area (Å²) in [6.45, 7) is 6.55. The molecule has 4 aliphatic carbocycles. The highest BCUT2D eigenvalue weighted by atomic mass is 16.3. The topological polar surface area (TPSA) is 37.3 Å². The summed E-state index contributed by atoms with van der Waals surface area (Å²) in [7, 11) is 0. The normalized spacial score (nSPS) is 48.7. The van der Waals surface area contributed by atoms with Gasteiger partial charge >= 0.3 is 0 Å². The molecule has 1 N–H and O–H groups in total. The molecule has 23 heavy (non-hydrogen) atoms. The lowest BCUT2D eigenvalue weighted by molar-refractivity contribution is -0.115. The maximum absolute atomic E-state index is 12.1. The highest BCUT2D eigenvalue weighted by Gasteiger charge is 2.57. The lowest BCUT2D eigenvalue weighted by Crippen LogP contribution is -2.50. The summed E-state index contributed by atoms with van der Waals surface area (Å²) in [6, 6.07) is 0. The van der Waals surface area contributed by atoms with Crippen molar-refractivity contribution in [3.63, 3.8) is 0 Å². The number of carbonyl (C=O) groups excluding carboxylic acids is 1. The molecule has 0 aromatic heterocycles. The summed E-state index contributed by atoms with van der Waals surface area (Å²) < 4.78 is 0. The largest absolute Gasteiger partial charge is 0.393 e. The molecule has 0 radical (unpaired) electrons. The molecule has 2 saturated carbocycles. The fraction of sp³-hybridized carbons (Fsp3) is 0.762. The zero-order valence-electron chi connectivity index (χ0n) is 14.8. The fourth-order valence-electron chi connectivity index (χ4n) is 6.75. The van der Waals surface area contributed by atoms with Crippen molar-refractivity contribution in [2.24, 2.45) is 28.6 Å². The molecule has 0 bridgehead atoms. The van der Waals surface area contributed by atoms with E-state index in [4.69, 9.17) is 0 Å². The minimum atomic E-state index is -0.128. The van der Waals surface area contributed by atoms with Crippen LogP contribution in [0.15, 0.2) is 23.3 Å². The first-order valence-corrected chi connectivity index (χ1v) is 9.45. The number of ketones is 1. The molecule has 0 heterocycles. The molecule has 4 rings (SSSR count). The number of aliphatic hydroxyl groups excluding tert-OH is 1. The second-order valence-corrected chi connectivity index (χ2v) is 9.02. The zero-order valence-corrected chi connectivity index (χ0v) is 14.8. The minimum Gasteiger partial charge on any atom is -0.393 e. The second kappa shape index (κ2) is 5.05. The Hall–Kier alpha value is -0.890. The first kappa shape index (κ1) is 15.6. The number of Topliss-reactive ketones (excluding diaryl/α,β-unsaturated/α-hetero) is 1. The third kappa shape index (κ3) is 2.06. The number of rotatable bonds is 1. The van der Waals surface area contributed by atoms with Gasteiger partial charge in [0.05, 0.1) is 6.10 Å². The Morgan fingerprint density at radius 1 is 1.09 bits per heavy atom. The first-order chi connectivity index (χ1) is 10.9. The van der Waals surface area contributed by atoms with Gasteiger partial charge in [-0.2, -0.15) is 0 Å². The molecule has 6 atom stereocenters. The third-order valence-corrected chi connectivity index (χ3v) is 8.04. The Morgan fingerprint density at radius 3 is 2.57 bits per heavy atom. The number of aliphatic hydroxyl groups is 1. The van der Waals surface area contributed by atoms with Crippen LogP contribution in [0.25, 0.3) is 0 Å². The molecule has 4 aliphatic rings. The molecular formula is C21H30O2. The first-order valence-electron chi connectivity index (χ1n) is 9.45. The van der Waals surface area contributed by atoms with Crippen molar-refractivity contribution >= 4 is 5.78 Å². The SMILES string of the molecule is CC(=O)C1=CC[C@@H]2[C@@H]3CC=C4C[C@H](O)CC[C@]4(C)[C@H]3CC[C@]12C. The highest BCUT2D eigenvalue weighted by Crippen LogP contribution is 2.64. The van der Waals surface area contributed by atoms with Gasteiger partial charge in [0, 0.05) is 0 Å². The van der Waals surface area contributed by atoms with Crippen molar-refractivity contribution in [3.8, 4) is 0 Å².